The lowest BCUT2D eigenvalue weighted by Gasteiger charge is -2.43. The minimum absolute atomic E-state index is 0.0797. The van der Waals surface area contributed by atoms with E-state index in [2.05, 4.69) is 24.3 Å². The molecule has 6 rings (SSSR count). The number of hydrogen-bond acceptors (Lipinski definition) is 5. The van der Waals surface area contributed by atoms with Crippen molar-refractivity contribution in [2.24, 2.45) is 5.92 Å². The van der Waals surface area contributed by atoms with Gasteiger partial charge in [0, 0.05) is 12.5 Å². The van der Waals surface area contributed by atoms with E-state index in [0.29, 0.717) is 13.0 Å². The Morgan fingerprint density at radius 2 is 1.26 bits per heavy atom. The standard InChI is InChI=1S/C28H28N2O4Si/c1-29-24-17-21-18-33-35(22-13-7-3-8-14-22,23-15-9-4-10-16-23)34-19-25(20-11-5-2-6-12-20)30(27(24)31)28(32)26(21)29/h2-16,21,24-26H,17-19H2,1H3/t21-,24+,25-,26-/m0/s1. The van der Waals surface area contributed by atoms with E-state index in [1.165, 1.54) is 4.90 Å². The number of piperazine rings is 1. The minimum Gasteiger partial charge on any atom is -0.387 e. The molecule has 3 aliphatic rings. The summed E-state index contributed by atoms with van der Waals surface area (Å²) in [6.45, 7) is 0.537. The average Bonchev–Trinajstić information content (AvgIpc) is 3.18. The Balaban J connectivity index is 1.52. The number of fused-ring (bicyclic) bond motifs is 2. The molecule has 0 aromatic heterocycles. The second-order valence-corrected chi connectivity index (χ2v) is 12.5. The molecule has 0 saturated carbocycles. The molecule has 6 nitrogen and oxygen atoms in total. The van der Waals surface area contributed by atoms with Crippen molar-refractivity contribution < 1.29 is 18.4 Å². The summed E-state index contributed by atoms with van der Waals surface area (Å²) >= 11 is 0. The summed E-state index contributed by atoms with van der Waals surface area (Å²) in [4.78, 5) is 30.9. The van der Waals surface area contributed by atoms with Crippen LogP contribution in [0.2, 0.25) is 0 Å². The third-order valence-electron chi connectivity index (χ3n) is 7.66. The zero-order valence-electron chi connectivity index (χ0n) is 19.6. The highest BCUT2D eigenvalue weighted by Gasteiger charge is 2.58. The Kier molecular flexibility index (Phi) is 5.65. The maximum Gasteiger partial charge on any atom is 0.407 e. The van der Waals surface area contributed by atoms with E-state index in [9.17, 15) is 9.59 Å². The maximum atomic E-state index is 13.8. The van der Waals surface area contributed by atoms with Crippen molar-refractivity contribution in [1.29, 1.82) is 0 Å². The van der Waals surface area contributed by atoms with Gasteiger partial charge in [0.15, 0.2) is 0 Å². The smallest absolute Gasteiger partial charge is 0.387 e. The third-order valence-corrected chi connectivity index (χ3v) is 11.0. The fraction of sp³-hybridized carbons (Fsp3) is 0.286. The molecule has 7 heteroatoms. The first kappa shape index (κ1) is 22.4. The molecular formula is C28H28N2O4Si. The van der Waals surface area contributed by atoms with Crippen molar-refractivity contribution in [3.05, 3.63) is 96.6 Å². The Morgan fingerprint density at radius 3 is 1.86 bits per heavy atom. The van der Waals surface area contributed by atoms with Crippen LogP contribution in [0.25, 0.3) is 0 Å². The highest BCUT2D eigenvalue weighted by Crippen LogP contribution is 2.40. The van der Waals surface area contributed by atoms with E-state index in [4.69, 9.17) is 8.85 Å². The number of rotatable bonds is 3. The molecule has 0 radical (unpaired) electrons. The van der Waals surface area contributed by atoms with Crippen LogP contribution in [0.5, 0.6) is 0 Å². The summed E-state index contributed by atoms with van der Waals surface area (Å²) in [5.74, 6) is -0.364. The van der Waals surface area contributed by atoms with Gasteiger partial charge in [0.05, 0.1) is 24.7 Å². The Hall–Kier alpha value is -3.10. The normalized spacial score (nSPS) is 28.3. The quantitative estimate of drug-likeness (QED) is 0.421. The lowest BCUT2D eigenvalue weighted by atomic mass is 9.99. The van der Waals surface area contributed by atoms with Gasteiger partial charge in [0.25, 0.3) is 0 Å². The molecule has 0 spiro atoms. The van der Waals surface area contributed by atoms with E-state index < -0.39 is 14.6 Å². The summed E-state index contributed by atoms with van der Waals surface area (Å²) in [5.41, 5.74) is 0.888. The van der Waals surface area contributed by atoms with Gasteiger partial charge in [0.1, 0.15) is 0 Å². The highest BCUT2D eigenvalue weighted by atomic mass is 28.4. The second-order valence-electron chi connectivity index (χ2n) is 9.57. The molecule has 3 heterocycles. The van der Waals surface area contributed by atoms with Crippen molar-refractivity contribution in [2.45, 2.75) is 24.5 Å². The van der Waals surface area contributed by atoms with E-state index in [1.807, 2.05) is 78.7 Å². The molecule has 2 amide bonds. The number of nitrogens with zero attached hydrogens (tertiary/aromatic N) is 2. The van der Waals surface area contributed by atoms with Gasteiger partial charge in [-0.1, -0.05) is 91.0 Å². The summed E-state index contributed by atoms with van der Waals surface area (Å²) in [6.07, 6.45) is 0.609. The summed E-state index contributed by atoms with van der Waals surface area (Å²) < 4.78 is 13.8. The van der Waals surface area contributed by atoms with Crippen LogP contribution in [0.3, 0.4) is 0 Å². The van der Waals surface area contributed by atoms with Crippen molar-refractivity contribution in [3.8, 4) is 0 Å². The Morgan fingerprint density at radius 1 is 0.714 bits per heavy atom. The zero-order chi connectivity index (χ0) is 24.0. The van der Waals surface area contributed by atoms with Gasteiger partial charge in [-0.3, -0.25) is 19.4 Å². The molecule has 3 saturated heterocycles. The lowest BCUT2D eigenvalue weighted by Crippen LogP contribution is -2.67. The number of likely N-dealkylation sites (N-methyl/N-ethyl adjacent to an activating group) is 1. The summed E-state index contributed by atoms with van der Waals surface area (Å²) in [6, 6.07) is 28.8. The Labute approximate surface area is 206 Å². The number of carbonyl (C=O) groups is 2. The van der Waals surface area contributed by atoms with Gasteiger partial charge in [-0.15, -0.1) is 0 Å². The van der Waals surface area contributed by atoms with Crippen molar-refractivity contribution in [3.63, 3.8) is 0 Å². The van der Waals surface area contributed by atoms with Gasteiger partial charge in [-0.2, -0.15) is 0 Å². The first-order chi connectivity index (χ1) is 17.1. The van der Waals surface area contributed by atoms with Crippen LogP contribution in [0, 0.1) is 5.92 Å². The average molecular weight is 485 g/mol. The predicted octanol–water partition coefficient (Wildman–Crippen LogP) is 2.09. The molecule has 3 aromatic rings. The zero-order valence-corrected chi connectivity index (χ0v) is 20.6. The SMILES string of the molecule is CN1[C@@H]2C[C@H]3CO[Si](c4ccccc4)(c4ccccc4)OC[C@@H](c4ccccc4)N(C2=O)C(=O)[C@H]31. The largest absolute Gasteiger partial charge is 0.407 e. The van der Waals surface area contributed by atoms with Gasteiger partial charge in [-0.05, 0) is 29.4 Å². The van der Waals surface area contributed by atoms with Crippen molar-refractivity contribution in [2.75, 3.05) is 20.3 Å². The number of hydrogen-bond donors (Lipinski definition) is 0. The molecule has 4 atom stereocenters. The number of amides is 2. The molecule has 3 aromatic carbocycles. The van der Waals surface area contributed by atoms with Crippen LogP contribution in [0.15, 0.2) is 91.0 Å². The fourth-order valence-corrected chi connectivity index (χ4v) is 9.10. The van der Waals surface area contributed by atoms with Crippen LogP contribution in [0.1, 0.15) is 18.0 Å². The third kappa shape index (κ3) is 3.58. The minimum atomic E-state index is -3.15. The first-order valence-electron chi connectivity index (χ1n) is 12.1. The van der Waals surface area contributed by atoms with Gasteiger partial charge in [0.2, 0.25) is 11.8 Å². The molecule has 3 fully saturated rings. The van der Waals surface area contributed by atoms with Crippen molar-refractivity contribution >= 4 is 30.7 Å². The lowest BCUT2D eigenvalue weighted by molar-refractivity contribution is -0.161. The molecule has 178 valence electrons. The van der Waals surface area contributed by atoms with Crippen LogP contribution < -0.4 is 10.4 Å². The number of imide groups is 1. The number of carbonyl (C=O) groups excluding carboxylic acids is 2. The molecule has 0 N–H and O–H groups in total. The van der Waals surface area contributed by atoms with Gasteiger partial charge >= 0.3 is 8.56 Å². The van der Waals surface area contributed by atoms with Crippen LogP contribution >= 0.6 is 0 Å². The van der Waals surface area contributed by atoms with E-state index in [1.54, 1.807) is 0 Å². The topological polar surface area (TPSA) is 59.1 Å². The molecule has 0 aliphatic carbocycles. The Bertz CT molecular complexity index is 1180. The van der Waals surface area contributed by atoms with E-state index in [-0.39, 0.29) is 36.4 Å². The van der Waals surface area contributed by atoms with E-state index in [0.717, 1.165) is 15.9 Å². The first-order valence-corrected chi connectivity index (χ1v) is 13.9. The van der Waals surface area contributed by atoms with Crippen LogP contribution in [0.4, 0.5) is 0 Å². The van der Waals surface area contributed by atoms with E-state index >= 15 is 0 Å². The molecular weight excluding hydrogens is 456 g/mol. The monoisotopic (exact) mass is 484 g/mol. The second kappa shape index (κ2) is 8.84. The molecule has 3 aliphatic heterocycles. The van der Waals surface area contributed by atoms with Crippen LogP contribution in [-0.2, 0) is 18.4 Å². The molecule has 0 unspecified atom stereocenters. The van der Waals surface area contributed by atoms with Gasteiger partial charge in [-0.25, -0.2) is 0 Å². The van der Waals surface area contributed by atoms with Crippen molar-refractivity contribution in [1.82, 2.24) is 9.80 Å². The maximum absolute atomic E-state index is 13.8. The summed E-state index contributed by atoms with van der Waals surface area (Å²) in [5, 5.41) is 2.03. The fourth-order valence-electron chi connectivity index (χ4n) is 5.91. The molecule has 3 bridgehead atoms. The predicted molar refractivity (Wildman–Crippen MR) is 134 cm³/mol. The highest BCUT2D eigenvalue weighted by molar-refractivity contribution is 6.92. The summed E-state index contributed by atoms with van der Waals surface area (Å²) in [7, 11) is -1.26. The number of benzene rings is 3. The van der Waals surface area contributed by atoms with Crippen LogP contribution in [-0.4, -0.2) is 62.5 Å². The molecule has 35 heavy (non-hydrogen) atoms. The van der Waals surface area contributed by atoms with Gasteiger partial charge < -0.3 is 8.85 Å².